The molecule has 7 nitrogen and oxygen atoms in total. The zero-order valence-electron chi connectivity index (χ0n) is 10.5. The Hall–Kier alpha value is -0.943. The second kappa shape index (κ2) is 6.01. The second-order valence-corrected chi connectivity index (χ2v) is 10.9. The maximum atomic E-state index is 11.6. The van der Waals surface area contributed by atoms with Crippen LogP contribution in [0.15, 0.2) is 24.3 Å². The van der Waals surface area contributed by atoms with Crippen LogP contribution in [0.1, 0.15) is 0 Å². The average Bonchev–Trinajstić information content (AvgIpc) is 2.11. The lowest BCUT2D eigenvalue weighted by molar-refractivity contribution is 0.390. The van der Waals surface area contributed by atoms with Gasteiger partial charge in [0.1, 0.15) is 11.5 Å². The van der Waals surface area contributed by atoms with Crippen molar-refractivity contribution in [3.05, 3.63) is 24.3 Å². The molecule has 1 N–H and O–H groups in total. The monoisotopic (exact) mass is 326 g/mol. The third-order valence-corrected chi connectivity index (χ3v) is 5.07. The third-order valence-electron chi connectivity index (χ3n) is 1.52. The van der Waals surface area contributed by atoms with Gasteiger partial charge in [0.2, 0.25) is 8.32 Å². The number of benzene rings is 1. The molecule has 0 spiro atoms. The fraction of sp³-hybridized carbons (Fsp3) is 0.333. The van der Waals surface area contributed by atoms with Gasteiger partial charge in [0, 0.05) is 6.07 Å². The predicted octanol–water partition coefficient (Wildman–Crippen LogP) is 1.68. The van der Waals surface area contributed by atoms with Crippen molar-refractivity contribution in [2.75, 3.05) is 0 Å². The molecule has 0 aliphatic rings. The molecule has 1 aromatic rings. The molecule has 1 aromatic carbocycles. The Morgan fingerprint density at radius 2 is 1.79 bits per heavy atom. The van der Waals surface area contributed by atoms with Crippen molar-refractivity contribution in [2.45, 2.75) is 19.6 Å². The molecule has 0 aromatic heterocycles. The molecule has 0 aliphatic heterocycles. The molecule has 0 fully saturated rings. The van der Waals surface area contributed by atoms with Crippen LogP contribution in [0.25, 0.3) is 0 Å². The minimum Gasteiger partial charge on any atom is -0.380 e. The Morgan fingerprint density at radius 3 is 2.32 bits per heavy atom. The van der Waals surface area contributed by atoms with E-state index in [1.807, 2.05) is 0 Å². The molecular weight excluding hydrogens is 312 g/mol. The van der Waals surface area contributed by atoms with Crippen molar-refractivity contribution in [1.82, 2.24) is 0 Å². The van der Waals surface area contributed by atoms with E-state index in [0.29, 0.717) is 0 Å². The smallest absolute Gasteiger partial charge is 0.380 e. The van der Waals surface area contributed by atoms with Crippen LogP contribution in [0.4, 0.5) is 0 Å². The first-order chi connectivity index (χ1) is 8.57. The van der Waals surface area contributed by atoms with Crippen molar-refractivity contribution in [1.29, 1.82) is 0 Å². The minimum absolute atomic E-state index is 0.00142. The van der Waals surface area contributed by atoms with Crippen molar-refractivity contribution < 1.29 is 29.4 Å². The maximum absolute atomic E-state index is 11.6. The molecule has 1 rings (SSSR count). The van der Waals surface area contributed by atoms with Crippen molar-refractivity contribution in [3.8, 4) is 11.5 Å². The van der Waals surface area contributed by atoms with E-state index in [1.165, 1.54) is 24.3 Å². The Morgan fingerprint density at radius 1 is 1.21 bits per heavy atom. The highest BCUT2D eigenvalue weighted by Crippen LogP contribution is 2.22. The van der Waals surface area contributed by atoms with Gasteiger partial charge in [-0.1, -0.05) is 6.07 Å². The lowest BCUT2D eigenvalue weighted by atomic mass is 10.3. The molecule has 0 bridgehead atoms. The minimum atomic E-state index is -4.17. The lowest BCUT2D eigenvalue weighted by Gasteiger charge is -2.16. The van der Waals surface area contributed by atoms with E-state index in [0.717, 1.165) is 0 Å². The Labute approximate surface area is 115 Å². The summed E-state index contributed by atoms with van der Waals surface area (Å²) in [7, 11) is -6.49. The standard InChI is InChI=1S/C9H14O7S2Si/c1-19(2,3)16-18(12,13)15-9-6-4-5-8(7-9)14-17(10)11/h4-7H,1-3H3,(H,10,11). The molecule has 0 aliphatic carbocycles. The summed E-state index contributed by atoms with van der Waals surface area (Å²) >= 11 is -2.49. The van der Waals surface area contributed by atoms with E-state index in [-0.39, 0.29) is 11.5 Å². The molecule has 0 radical (unpaired) electrons. The fourth-order valence-electron chi connectivity index (χ4n) is 1.10. The highest BCUT2D eigenvalue weighted by molar-refractivity contribution is 7.83. The SMILES string of the molecule is C[Si](C)(C)OS(=O)(=O)Oc1cccc(OS(=O)O)c1. The molecule has 0 saturated carbocycles. The summed E-state index contributed by atoms with van der Waals surface area (Å²) in [6, 6.07) is 5.33. The van der Waals surface area contributed by atoms with Gasteiger partial charge in [-0.15, -0.1) is 0 Å². The van der Waals surface area contributed by atoms with E-state index in [1.54, 1.807) is 19.6 Å². The molecule has 10 heteroatoms. The molecule has 1 unspecified atom stereocenters. The van der Waals surface area contributed by atoms with E-state index >= 15 is 0 Å². The molecular formula is C9H14O7S2Si. The Balaban J connectivity index is 2.85. The normalized spacial score (nSPS) is 13.9. The van der Waals surface area contributed by atoms with Crippen LogP contribution in [0, 0.1) is 0 Å². The molecule has 19 heavy (non-hydrogen) atoms. The number of rotatable bonds is 6. The van der Waals surface area contributed by atoms with Gasteiger partial charge >= 0.3 is 21.8 Å². The van der Waals surface area contributed by atoms with Gasteiger partial charge in [-0.05, 0) is 31.8 Å². The van der Waals surface area contributed by atoms with E-state index in [9.17, 15) is 12.6 Å². The molecule has 108 valence electrons. The summed E-state index contributed by atoms with van der Waals surface area (Å²) in [4.78, 5) is 0. The Bertz CT molecular complexity index is 564. The summed E-state index contributed by atoms with van der Waals surface area (Å²) in [5, 5.41) is 0. The van der Waals surface area contributed by atoms with Crippen molar-refractivity contribution >= 4 is 30.1 Å². The number of hydrogen-bond acceptors (Lipinski definition) is 6. The van der Waals surface area contributed by atoms with Gasteiger partial charge in [0.05, 0.1) is 0 Å². The quantitative estimate of drug-likeness (QED) is 0.627. The van der Waals surface area contributed by atoms with E-state index < -0.39 is 30.1 Å². The van der Waals surface area contributed by atoms with Gasteiger partial charge in [-0.25, -0.2) is 0 Å². The van der Waals surface area contributed by atoms with Crippen LogP contribution in [-0.2, 0) is 25.6 Å². The van der Waals surface area contributed by atoms with Crippen LogP contribution in [0.5, 0.6) is 11.5 Å². The zero-order valence-corrected chi connectivity index (χ0v) is 13.2. The second-order valence-electron chi connectivity index (χ2n) is 4.46. The molecule has 1 atom stereocenters. The first-order valence-electron chi connectivity index (χ1n) is 5.12. The van der Waals surface area contributed by atoms with Crippen molar-refractivity contribution in [3.63, 3.8) is 0 Å². The first kappa shape index (κ1) is 16.1. The summed E-state index contributed by atoms with van der Waals surface area (Å²) in [6.07, 6.45) is 0. The average molecular weight is 326 g/mol. The molecule has 0 heterocycles. The van der Waals surface area contributed by atoms with Gasteiger partial charge in [-0.3, -0.25) is 8.42 Å². The number of hydrogen-bond donors (Lipinski definition) is 1. The van der Waals surface area contributed by atoms with Crippen LogP contribution in [-0.4, -0.2) is 25.5 Å². The Kier molecular flexibility index (Phi) is 5.09. The summed E-state index contributed by atoms with van der Waals surface area (Å²) in [6.45, 7) is 5.09. The highest BCUT2D eigenvalue weighted by Gasteiger charge is 2.26. The van der Waals surface area contributed by atoms with Crippen molar-refractivity contribution in [2.24, 2.45) is 0 Å². The van der Waals surface area contributed by atoms with Gasteiger partial charge in [0.25, 0.3) is 0 Å². The van der Waals surface area contributed by atoms with Crippen LogP contribution in [0.2, 0.25) is 19.6 Å². The van der Waals surface area contributed by atoms with Gasteiger partial charge in [0.15, 0.2) is 0 Å². The van der Waals surface area contributed by atoms with Crippen LogP contribution >= 0.6 is 0 Å². The highest BCUT2D eigenvalue weighted by atomic mass is 32.3. The predicted molar refractivity (Wildman–Crippen MR) is 71.8 cm³/mol. The molecule has 0 saturated heterocycles. The van der Waals surface area contributed by atoms with Crippen LogP contribution < -0.4 is 8.37 Å². The third kappa shape index (κ3) is 6.68. The topological polar surface area (TPSA) is 99.1 Å². The van der Waals surface area contributed by atoms with Gasteiger partial charge < -0.3 is 8.37 Å². The van der Waals surface area contributed by atoms with Crippen LogP contribution in [0.3, 0.4) is 0 Å². The summed E-state index contributed by atoms with van der Waals surface area (Å²) in [5.41, 5.74) is 0. The fourth-order valence-corrected chi connectivity index (χ4v) is 4.29. The van der Waals surface area contributed by atoms with E-state index in [4.69, 9.17) is 12.6 Å². The lowest BCUT2D eigenvalue weighted by Crippen LogP contribution is -2.31. The first-order valence-corrected chi connectivity index (χ1v) is 10.9. The zero-order chi connectivity index (χ0) is 14.7. The summed E-state index contributed by atoms with van der Waals surface area (Å²) in [5.74, 6) is -0.0669. The largest absolute Gasteiger partial charge is 0.438 e. The maximum Gasteiger partial charge on any atom is 0.438 e. The summed E-state index contributed by atoms with van der Waals surface area (Å²) < 4.78 is 56.3. The molecule has 0 amide bonds. The van der Waals surface area contributed by atoms with E-state index in [2.05, 4.69) is 4.18 Å². The van der Waals surface area contributed by atoms with Gasteiger partial charge in [-0.2, -0.15) is 12.6 Å².